The van der Waals surface area contributed by atoms with E-state index >= 15 is 0 Å². The van der Waals surface area contributed by atoms with Gasteiger partial charge in [0.05, 0.1) is 26.3 Å². The normalized spacial score (nSPS) is 10.7. The Kier molecular flexibility index (Phi) is 5.49. The van der Waals surface area contributed by atoms with Crippen molar-refractivity contribution in [3.8, 4) is 17.0 Å². The third-order valence-electron chi connectivity index (χ3n) is 3.31. The molecule has 1 aromatic heterocycles. The van der Waals surface area contributed by atoms with Gasteiger partial charge in [0.2, 0.25) is 5.95 Å². The van der Waals surface area contributed by atoms with Gasteiger partial charge in [-0.3, -0.25) is 0 Å². The fourth-order valence-corrected chi connectivity index (χ4v) is 2.84. The van der Waals surface area contributed by atoms with Crippen LogP contribution in [0, 0.1) is 0 Å². The van der Waals surface area contributed by atoms with Crippen molar-refractivity contribution < 1.29 is 5.11 Å². The lowest BCUT2D eigenvalue weighted by Crippen LogP contribution is -2.05. The molecular formula is C16H10Cl4N4O. The highest BCUT2D eigenvalue weighted by Crippen LogP contribution is 2.35. The summed E-state index contributed by atoms with van der Waals surface area (Å²) in [5.41, 5.74) is 2.01. The first-order valence-electron chi connectivity index (χ1n) is 7.00. The Balaban J connectivity index is 1.73. The van der Waals surface area contributed by atoms with Gasteiger partial charge in [-0.2, -0.15) is 0 Å². The molecule has 2 aromatic carbocycles. The van der Waals surface area contributed by atoms with E-state index in [1.807, 2.05) is 6.07 Å². The summed E-state index contributed by atoms with van der Waals surface area (Å²) in [7, 11) is 0. The van der Waals surface area contributed by atoms with E-state index < -0.39 is 0 Å². The third kappa shape index (κ3) is 4.25. The lowest BCUT2D eigenvalue weighted by atomic mass is 10.1. The highest BCUT2D eigenvalue weighted by atomic mass is 35.5. The van der Waals surface area contributed by atoms with E-state index in [0.29, 0.717) is 33.8 Å². The quantitative estimate of drug-likeness (QED) is 0.591. The van der Waals surface area contributed by atoms with Crippen molar-refractivity contribution in [2.24, 2.45) is 0 Å². The molecule has 0 bridgehead atoms. The molecule has 9 heteroatoms. The largest absolute Gasteiger partial charge is 0.505 e. The average molecular weight is 416 g/mol. The van der Waals surface area contributed by atoms with Gasteiger partial charge >= 0.3 is 0 Å². The van der Waals surface area contributed by atoms with Crippen LogP contribution in [-0.4, -0.2) is 20.3 Å². The van der Waals surface area contributed by atoms with Crippen molar-refractivity contribution in [1.82, 2.24) is 15.2 Å². The Morgan fingerprint density at radius 2 is 1.60 bits per heavy atom. The van der Waals surface area contributed by atoms with Gasteiger partial charge < -0.3 is 10.4 Å². The molecule has 0 aliphatic rings. The molecule has 3 aromatic rings. The molecule has 3 rings (SSSR count). The van der Waals surface area contributed by atoms with Gasteiger partial charge in [0.15, 0.2) is 5.75 Å². The van der Waals surface area contributed by atoms with Crippen LogP contribution in [0.5, 0.6) is 5.75 Å². The Morgan fingerprint density at radius 1 is 0.880 bits per heavy atom. The highest BCUT2D eigenvalue weighted by molar-refractivity contribution is 6.42. The van der Waals surface area contributed by atoms with E-state index in [2.05, 4.69) is 20.5 Å². The Morgan fingerprint density at radius 3 is 2.20 bits per heavy atom. The van der Waals surface area contributed by atoms with Crippen LogP contribution in [0.2, 0.25) is 20.1 Å². The van der Waals surface area contributed by atoms with Crippen LogP contribution >= 0.6 is 46.4 Å². The fraction of sp³-hybridized carbons (Fsp3) is 0.0625. The second-order valence-electron chi connectivity index (χ2n) is 5.06. The number of hydrogen-bond acceptors (Lipinski definition) is 5. The Labute approximate surface area is 163 Å². The van der Waals surface area contributed by atoms with E-state index in [9.17, 15) is 5.11 Å². The van der Waals surface area contributed by atoms with Crippen LogP contribution in [0.1, 0.15) is 5.56 Å². The molecule has 5 nitrogen and oxygen atoms in total. The lowest BCUT2D eigenvalue weighted by Gasteiger charge is -2.07. The van der Waals surface area contributed by atoms with Crippen LogP contribution in [0.25, 0.3) is 11.3 Å². The summed E-state index contributed by atoms with van der Waals surface area (Å²) >= 11 is 23.7. The number of phenolic OH excluding ortho intramolecular Hbond substituents is 1. The van der Waals surface area contributed by atoms with Crippen molar-refractivity contribution in [2.75, 3.05) is 5.32 Å². The van der Waals surface area contributed by atoms with Gasteiger partial charge in [0, 0.05) is 12.1 Å². The molecule has 0 fully saturated rings. The topological polar surface area (TPSA) is 70.9 Å². The smallest absolute Gasteiger partial charge is 0.242 e. The molecule has 0 saturated heterocycles. The lowest BCUT2D eigenvalue weighted by molar-refractivity contribution is 0.476. The fourth-order valence-electron chi connectivity index (χ4n) is 2.03. The summed E-state index contributed by atoms with van der Waals surface area (Å²) in [6.07, 6.45) is 1.53. The van der Waals surface area contributed by atoms with E-state index in [-0.39, 0.29) is 15.8 Å². The monoisotopic (exact) mass is 414 g/mol. The van der Waals surface area contributed by atoms with Crippen LogP contribution in [0.15, 0.2) is 36.5 Å². The van der Waals surface area contributed by atoms with Crippen LogP contribution < -0.4 is 5.32 Å². The number of aromatic hydroxyl groups is 1. The molecular weight excluding hydrogens is 406 g/mol. The predicted molar refractivity (Wildman–Crippen MR) is 101 cm³/mol. The van der Waals surface area contributed by atoms with E-state index in [0.717, 1.165) is 5.56 Å². The number of anilines is 1. The standard InChI is InChI=1S/C16H10Cl4N4O/c17-10-2-1-8(3-11(10)18)6-21-16-22-7-14(23-24-16)9-4-12(19)15(25)13(20)5-9/h1-5,7,25H,6H2,(H,21,22,24). The van der Waals surface area contributed by atoms with Gasteiger partial charge in [-0.15, -0.1) is 10.2 Å². The molecule has 25 heavy (non-hydrogen) atoms. The van der Waals surface area contributed by atoms with E-state index in [4.69, 9.17) is 46.4 Å². The minimum atomic E-state index is -0.173. The summed E-state index contributed by atoms with van der Waals surface area (Å²) in [4.78, 5) is 4.20. The summed E-state index contributed by atoms with van der Waals surface area (Å²) in [5.74, 6) is 0.179. The number of aromatic nitrogens is 3. The summed E-state index contributed by atoms with van der Waals surface area (Å²) in [5, 5.41) is 22.0. The first-order valence-corrected chi connectivity index (χ1v) is 8.51. The number of benzene rings is 2. The zero-order valence-electron chi connectivity index (χ0n) is 12.5. The summed E-state index contributed by atoms with van der Waals surface area (Å²) in [6.45, 7) is 0.467. The first kappa shape index (κ1) is 18.0. The number of hydrogen-bond donors (Lipinski definition) is 2. The summed E-state index contributed by atoms with van der Waals surface area (Å²) < 4.78 is 0. The number of rotatable bonds is 4. The van der Waals surface area contributed by atoms with Crippen LogP contribution in [0.4, 0.5) is 5.95 Å². The van der Waals surface area contributed by atoms with Crippen molar-refractivity contribution in [2.45, 2.75) is 6.54 Å². The first-order chi connectivity index (χ1) is 11.9. The molecule has 2 N–H and O–H groups in total. The maximum absolute atomic E-state index is 9.59. The van der Waals surface area contributed by atoms with Gasteiger partial charge in [0.25, 0.3) is 0 Å². The zero-order chi connectivity index (χ0) is 18.0. The molecule has 128 valence electrons. The molecule has 0 aliphatic carbocycles. The van der Waals surface area contributed by atoms with Crippen LogP contribution in [-0.2, 0) is 6.54 Å². The average Bonchev–Trinajstić information content (AvgIpc) is 2.61. The molecule has 0 unspecified atom stereocenters. The van der Waals surface area contributed by atoms with Gasteiger partial charge in [-0.05, 0) is 29.8 Å². The Hall–Kier alpha value is -1.79. The Bertz CT molecular complexity index is 896. The number of phenols is 1. The van der Waals surface area contributed by atoms with Crippen molar-refractivity contribution in [1.29, 1.82) is 0 Å². The molecule has 0 aliphatic heterocycles. The van der Waals surface area contributed by atoms with E-state index in [1.165, 1.54) is 18.3 Å². The molecule has 0 saturated carbocycles. The zero-order valence-corrected chi connectivity index (χ0v) is 15.5. The van der Waals surface area contributed by atoms with Gasteiger partial charge in [-0.1, -0.05) is 52.5 Å². The summed E-state index contributed by atoms with van der Waals surface area (Å²) in [6, 6.07) is 8.42. The van der Waals surface area contributed by atoms with Gasteiger partial charge in [0.1, 0.15) is 5.69 Å². The van der Waals surface area contributed by atoms with Crippen molar-refractivity contribution >= 4 is 52.4 Å². The maximum atomic E-state index is 9.59. The molecule has 1 heterocycles. The second kappa shape index (κ2) is 7.62. The number of halogens is 4. The molecule has 0 atom stereocenters. The SMILES string of the molecule is Oc1c(Cl)cc(-c2cnc(NCc3ccc(Cl)c(Cl)c3)nn2)cc1Cl. The van der Waals surface area contributed by atoms with Gasteiger partial charge in [-0.25, -0.2) is 4.98 Å². The number of nitrogens with one attached hydrogen (secondary N) is 1. The predicted octanol–water partition coefficient (Wildman–Crippen LogP) is 5.47. The molecule has 0 amide bonds. The second-order valence-corrected chi connectivity index (χ2v) is 6.69. The maximum Gasteiger partial charge on any atom is 0.242 e. The van der Waals surface area contributed by atoms with Crippen molar-refractivity contribution in [3.63, 3.8) is 0 Å². The molecule has 0 spiro atoms. The van der Waals surface area contributed by atoms with Crippen molar-refractivity contribution in [3.05, 3.63) is 62.2 Å². The molecule has 0 radical (unpaired) electrons. The third-order valence-corrected chi connectivity index (χ3v) is 4.62. The number of nitrogens with zero attached hydrogens (tertiary/aromatic N) is 3. The minimum Gasteiger partial charge on any atom is -0.505 e. The van der Waals surface area contributed by atoms with E-state index in [1.54, 1.807) is 12.1 Å². The minimum absolute atomic E-state index is 0.131. The highest BCUT2D eigenvalue weighted by Gasteiger charge is 2.10. The van der Waals surface area contributed by atoms with Crippen LogP contribution in [0.3, 0.4) is 0 Å².